The van der Waals surface area contributed by atoms with Crippen LogP contribution in [0.15, 0.2) is 96.2 Å². The summed E-state index contributed by atoms with van der Waals surface area (Å²) in [5.41, 5.74) is -1.45. The molecule has 95 heavy (non-hydrogen) atoms. The lowest BCUT2D eigenvalue weighted by Gasteiger charge is -2.27. The molecule has 0 saturated heterocycles. The fourth-order valence-corrected chi connectivity index (χ4v) is 10.5. The second-order valence-electron chi connectivity index (χ2n) is 22.7. The lowest BCUT2D eigenvalue weighted by molar-refractivity contribution is -0.127. The molecule has 6 unspecified atom stereocenters. The summed E-state index contributed by atoms with van der Waals surface area (Å²) in [6.07, 6.45) is 8.19. The molecule has 0 saturated carbocycles. The molecule has 31 heteroatoms. The number of phenols is 6. The maximum atomic E-state index is 13.6. The molecule has 15 rings (SSSR count). The summed E-state index contributed by atoms with van der Waals surface area (Å²) in [6, 6.07) is 6.40. The van der Waals surface area contributed by atoms with Gasteiger partial charge < -0.3 is 109 Å². The van der Waals surface area contributed by atoms with Crippen molar-refractivity contribution in [1.29, 1.82) is 0 Å². The molecule has 31 nitrogen and oxygen atoms in total. The lowest BCUT2D eigenvalue weighted by atomic mass is 9.91. The number of nitrogens with one attached hydrogen (secondary N) is 11. The zero-order chi connectivity index (χ0) is 68.6. The number of aliphatic hydroxyl groups is 2. The molecule has 12 aliphatic rings. The summed E-state index contributed by atoms with van der Waals surface area (Å²) in [5, 5.41) is 119. The normalized spacial score (nSPS) is 21.5. The molecule has 3 aromatic rings. The number of amides is 8. The Hall–Kier alpha value is -9.92. The van der Waals surface area contributed by atoms with Crippen LogP contribution in [0.25, 0.3) is 0 Å². The van der Waals surface area contributed by atoms with Crippen LogP contribution in [0, 0.1) is 11.8 Å². The number of nitrogens with zero attached hydrogens (tertiary/aromatic N) is 2. The number of hydrogen-bond acceptors (Lipinski definition) is 23. The predicted octanol–water partition coefficient (Wildman–Crippen LogP) is -1.18. The van der Waals surface area contributed by atoms with E-state index in [9.17, 15) is 79.2 Å². The molecule has 0 spiro atoms. The Bertz CT molecular complexity index is 3430. The highest BCUT2D eigenvalue weighted by molar-refractivity contribution is 6.05. The van der Waals surface area contributed by atoms with Gasteiger partial charge in [-0.1, -0.05) is 31.7 Å². The molecule has 8 bridgehead atoms. The monoisotopic (exact) mass is 1320 g/mol. The first-order valence-electron chi connectivity index (χ1n) is 31.2. The average molecular weight is 1320 g/mol. The van der Waals surface area contributed by atoms with Crippen LogP contribution in [-0.2, 0) is 19.1 Å². The summed E-state index contributed by atoms with van der Waals surface area (Å²) in [4.78, 5) is 111. The highest BCUT2D eigenvalue weighted by Gasteiger charge is 2.34. The quantitative estimate of drug-likeness (QED) is 0.0559. The minimum Gasteiger partial charge on any atom is -0.509 e. The van der Waals surface area contributed by atoms with E-state index in [0.717, 1.165) is 42.4 Å². The van der Waals surface area contributed by atoms with Crippen LogP contribution in [0.3, 0.4) is 0 Å². The van der Waals surface area contributed by atoms with Crippen LogP contribution >= 0.6 is 0 Å². The van der Waals surface area contributed by atoms with E-state index >= 15 is 0 Å². The molecule has 0 fully saturated rings. The zero-order valence-corrected chi connectivity index (χ0v) is 52.7. The number of benzene rings is 3. The largest absolute Gasteiger partial charge is 0.509 e. The van der Waals surface area contributed by atoms with E-state index in [4.69, 9.17) is 9.47 Å². The van der Waals surface area contributed by atoms with E-state index in [2.05, 4.69) is 84.1 Å². The van der Waals surface area contributed by atoms with E-state index < -0.39 is 106 Å². The van der Waals surface area contributed by atoms with Gasteiger partial charge >= 0.3 is 0 Å². The van der Waals surface area contributed by atoms with Gasteiger partial charge in [0.2, 0.25) is 5.91 Å². The third kappa shape index (κ3) is 20.8. The second kappa shape index (κ2) is 35.9. The van der Waals surface area contributed by atoms with Crippen LogP contribution in [0.1, 0.15) is 88.3 Å². The maximum Gasteiger partial charge on any atom is 0.255 e. The van der Waals surface area contributed by atoms with Gasteiger partial charge in [-0.15, -0.1) is 0 Å². The van der Waals surface area contributed by atoms with Gasteiger partial charge in [0, 0.05) is 116 Å². The van der Waals surface area contributed by atoms with Crippen molar-refractivity contribution >= 4 is 47.3 Å². The predicted molar refractivity (Wildman–Crippen MR) is 344 cm³/mol. The Morgan fingerprint density at radius 3 is 1.46 bits per heavy atom. The second-order valence-corrected chi connectivity index (χ2v) is 22.7. The van der Waals surface area contributed by atoms with Crippen LogP contribution in [0.4, 0.5) is 0 Å². The first-order chi connectivity index (χ1) is 45.6. The molecule has 10 aliphatic heterocycles. The van der Waals surface area contributed by atoms with Crippen molar-refractivity contribution in [3.8, 4) is 34.5 Å². The summed E-state index contributed by atoms with van der Waals surface area (Å²) in [7, 11) is 0. The number of carbonyl (C=O) groups is 8. The summed E-state index contributed by atoms with van der Waals surface area (Å²) >= 11 is 0. The molecular formula is C64H85N13O18. The van der Waals surface area contributed by atoms with Gasteiger partial charge in [-0.05, 0) is 73.7 Å². The van der Waals surface area contributed by atoms with Crippen molar-refractivity contribution in [3.05, 3.63) is 130 Å². The van der Waals surface area contributed by atoms with Crippen molar-refractivity contribution in [2.75, 3.05) is 131 Å². The van der Waals surface area contributed by atoms with Gasteiger partial charge in [0.1, 0.15) is 11.9 Å². The first kappa shape index (κ1) is 72.5. The van der Waals surface area contributed by atoms with Crippen molar-refractivity contribution in [2.24, 2.45) is 11.8 Å². The SMILES string of the molecule is C=C(NCCOCCOCCNC(=O)c1ccc(C(=O)NCCC2CCNC(=O)c3ccc(c(O)c3O)C(=O)NCCN3CCNC(=O)c4ccc(c(O)c4O)C(=O)NCCN(CCNC(=O)C4=C(O)C(O)C(C=C4)C(=O)NCC3)CCN2)c(O)c1O)NC1=CCC(C)C=C1. The molecule has 10 heterocycles. The number of ether oxygens (including phenoxy) is 2. The Morgan fingerprint density at radius 2 is 0.979 bits per heavy atom. The fourth-order valence-electron chi connectivity index (χ4n) is 10.5. The number of carbonyl (C=O) groups excluding carboxylic acids is 8. The topological polar surface area (TPSA) is 456 Å². The molecule has 514 valence electrons. The molecular weight excluding hydrogens is 1240 g/mol. The van der Waals surface area contributed by atoms with E-state index in [1.165, 1.54) is 18.2 Å². The van der Waals surface area contributed by atoms with Crippen molar-refractivity contribution < 1.29 is 88.7 Å². The van der Waals surface area contributed by atoms with Crippen LogP contribution < -0.4 is 58.5 Å². The third-order valence-electron chi connectivity index (χ3n) is 15.9. The van der Waals surface area contributed by atoms with Crippen molar-refractivity contribution in [3.63, 3.8) is 0 Å². The standard InChI is InChI=1S/C64H85N13O18/c1-37-3-5-40(6-4-37)75-38(2)65-25-33-94-35-36-95-34-26-74-64(93)48-14-8-42(50(79)56(48)85)58(87)68-18-16-39-15-17-67-57(86)41-7-9-43(51(80)49(41)78)59(88)71-22-30-77-31-23-72-62(91)46-12-10-44(52(81)54(46)83)60(89)69-20-28-76(27-19-66-39)29-21-70-61(90)45-11-13-47(55(84)53(45)82)63(92)73-24-32-77/h3,5-14,37,39,46,54,65-66,75,78-85H,2,4,15-36H2,1H3,(H,67,86)(H,68,87)(H,69,89)(H,70,90)(H,71,88)(H,72,91)(H,73,92)(H,74,93). The zero-order valence-electron chi connectivity index (χ0n) is 52.7. The molecule has 3 aromatic carbocycles. The highest BCUT2D eigenvalue weighted by Crippen LogP contribution is 2.35. The minimum atomic E-state index is -1.81. The Balaban J connectivity index is 1.02. The van der Waals surface area contributed by atoms with Gasteiger partial charge in [-0.2, -0.15) is 0 Å². The fraction of sp³-hybridized carbons (Fsp3) is 0.438. The summed E-state index contributed by atoms with van der Waals surface area (Å²) < 4.78 is 11.1. The van der Waals surface area contributed by atoms with Gasteiger partial charge in [0.25, 0.3) is 41.4 Å². The van der Waals surface area contributed by atoms with Crippen LogP contribution in [0.5, 0.6) is 34.5 Å². The summed E-state index contributed by atoms with van der Waals surface area (Å²) in [5.74, 6) is -12.5. The average Bonchev–Trinajstić information content (AvgIpc) is 2.03. The highest BCUT2D eigenvalue weighted by atomic mass is 16.5. The van der Waals surface area contributed by atoms with Gasteiger partial charge in [0.05, 0.1) is 77.1 Å². The Labute approximate surface area is 547 Å². The Morgan fingerprint density at radius 1 is 0.537 bits per heavy atom. The number of hydrogen-bond donors (Lipinski definition) is 19. The molecule has 0 radical (unpaired) electrons. The maximum absolute atomic E-state index is 13.6. The van der Waals surface area contributed by atoms with E-state index in [1.807, 2.05) is 6.08 Å². The number of aromatic hydroxyl groups is 6. The number of allylic oxidation sites excluding steroid dienone is 3. The van der Waals surface area contributed by atoms with Gasteiger partial charge in [-0.25, -0.2) is 0 Å². The number of aliphatic hydroxyl groups excluding tert-OH is 2. The van der Waals surface area contributed by atoms with Gasteiger partial charge in [-0.3, -0.25) is 48.2 Å². The van der Waals surface area contributed by atoms with Crippen molar-refractivity contribution in [2.45, 2.75) is 38.3 Å². The molecule has 8 amide bonds. The van der Waals surface area contributed by atoms with E-state index in [1.54, 1.807) is 9.80 Å². The third-order valence-corrected chi connectivity index (χ3v) is 15.9. The van der Waals surface area contributed by atoms with Crippen LogP contribution in [0.2, 0.25) is 0 Å². The van der Waals surface area contributed by atoms with E-state index in [0.29, 0.717) is 24.9 Å². The first-order valence-corrected chi connectivity index (χ1v) is 31.2. The van der Waals surface area contributed by atoms with E-state index in [-0.39, 0.29) is 170 Å². The van der Waals surface area contributed by atoms with Crippen molar-refractivity contribution in [1.82, 2.24) is 68.3 Å². The Kier molecular flexibility index (Phi) is 27.4. The van der Waals surface area contributed by atoms with Crippen LogP contribution in [-0.4, -0.2) is 241 Å². The smallest absolute Gasteiger partial charge is 0.255 e. The molecule has 19 N–H and O–H groups in total. The number of phenolic OH excluding ortho intramolecular Hbond substituents is 6. The molecule has 2 aliphatic carbocycles. The number of rotatable bonds is 17. The summed E-state index contributed by atoms with van der Waals surface area (Å²) in [6.45, 7) is 7.85. The molecule has 6 atom stereocenters. The lowest BCUT2D eigenvalue weighted by Crippen LogP contribution is -2.46. The van der Waals surface area contributed by atoms with Gasteiger partial charge in [0.15, 0.2) is 34.5 Å². The molecule has 0 aromatic heterocycles. The minimum absolute atomic E-state index is 0.0426.